The van der Waals surface area contributed by atoms with E-state index in [0.29, 0.717) is 6.54 Å². The molecule has 8 heteroatoms. The molecule has 27 heavy (non-hydrogen) atoms. The van der Waals surface area contributed by atoms with Crippen molar-refractivity contribution in [1.29, 1.82) is 0 Å². The smallest absolute Gasteiger partial charge is 0.240 e. The van der Waals surface area contributed by atoms with Gasteiger partial charge in [-0.25, -0.2) is 13.1 Å². The van der Waals surface area contributed by atoms with Gasteiger partial charge in [0.1, 0.15) is 0 Å². The van der Waals surface area contributed by atoms with E-state index in [9.17, 15) is 8.42 Å². The highest BCUT2D eigenvalue weighted by Gasteiger charge is 2.14. The maximum Gasteiger partial charge on any atom is 0.240 e. The molecule has 1 saturated carbocycles. The molecule has 0 atom stereocenters. The number of hydrogen-bond acceptors (Lipinski definition) is 3. The average molecular weight is 508 g/mol. The summed E-state index contributed by atoms with van der Waals surface area (Å²) in [6, 6.07) is 6.85. The van der Waals surface area contributed by atoms with E-state index >= 15 is 0 Å². The molecule has 0 unspecified atom stereocenters. The fraction of sp³-hybridized carbons (Fsp3) is 0.632. The fourth-order valence-corrected chi connectivity index (χ4v) is 4.10. The Morgan fingerprint density at radius 2 is 1.78 bits per heavy atom. The van der Waals surface area contributed by atoms with E-state index in [-0.39, 0.29) is 28.9 Å². The third-order valence-corrected chi connectivity index (χ3v) is 6.42. The van der Waals surface area contributed by atoms with Crippen molar-refractivity contribution in [3.63, 3.8) is 0 Å². The summed E-state index contributed by atoms with van der Waals surface area (Å²) < 4.78 is 25.8. The first-order valence-corrected chi connectivity index (χ1v) is 11.0. The lowest BCUT2D eigenvalue weighted by molar-refractivity contribution is 0.472. The van der Waals surface area contributed by atoms with Crippen LogP contribution in [0.2, 0.25) is 0 Å². The molecule has 0 spiro atoms. The predicted octanol–water partition coefficient (Wildman–Crippen LogP) is 3.24. The number of hydrogen-bond donors (Lipinski definition) is 3. The standard InChI is InChI=1S/C19H32N4O2S.HI/c1-20-19(22-14-6-5-9-16-7-3-4-8-16)23-15-17-10-12-18(13-11-17)26(24,25)21-2;/h10-13,16,21H,3-9,14-15H2,1-2H3,(H2,20,22,23);1H. The first kappa shape index (κ1) is 24.2. The van der Waals surface area contributed by atoms with Gasteiger partial charge >= 0.3 is 0 Å². The van der Waals surface area contributed by atoms with Crippen LogP contribution in [0.5, 0.6) is 0 Å². The SMILES string of the molecule is CN=C(NCCCCC1CCCC1)NCc1ccc(S(=O)(=O)NC)cc1.I. The number of benzene rings is 1. The van der Waals surface area contributed by atoms with E-state index in [1.54, 1.807) is 19.2 Å². The minimum Gasteiger partial charge on any atom is -0.356 e. The number of halogens is 1. The van der Waals surface area contributed by atoms with Gasteiger partial charge in [0, 0.05) is 20.1 Å². The van der Waals surface area contributed by atoms with Gasteiger partial charge < -0.3 is 10.6 Å². The molecular formula is C19H33IN4O2S. The van der Waals surface area contributed by atoms with Gasteiger partial charge in [-0.05, 0) is 37.1 Å². The number of nitrogens with one attached hydrogen (secondary N) is 3. The maximum atomic E-state index is 11.7. The Morgan fingerprint density at radius 1 is 1.11 bits per heavy atom. The van der Waals surface area contributed by atoms with Crippen LogP contribution in [0.25, 0.3) is 0 Å². The van der Waals surface area contributed by atoms with Crippen LogP contribution in [0, 0.1) is 5.92 Å². The van der Waals surface area contributed by atoms with Crippen LogP contribution >= 0.6 is 24.0 Å². The van der Waals surface area contributed by atoms with Crippen LogP contribution in [-0.2, 0) is 16.6 Å². The Morgan fingerprint density at radius 3 is 2.37 bits per heavy atom. The monoisotopic (exact) mass is 508 g/mol. The summed E-state index contributed by atoms with van der Waals surface area (Å²) in [5.41, 5.74) is 1.00. The molecule has 1 aromatic carbocycles. The van der Waals surface area contributed by atoms with E-state index in [2.05, 4.69) is 20.3 Å². The zero-order valence-electron chi connectivity index (χ0n) is 16.3. The quantitative estimate of drug-likeness (QED) is 0.207. The molecule has 0 radical (unpaired) electrons. The van der Waals surface area contributed by atoms with Crippen molar-refractivity contribution >= 4 is 40.0 Å². The molecule has 3 N–H and O–H groups in total. The first-order valence-electron chi connectivity index (χ1n) is 9.52. The van der Waals surface area contributed by atoms with Gasteiger partial charge in [0.15, 0.2) is 5.96 Å². The summed E-state index contributed by atoms with van der Waals surface area (Å²) in [6.07, 6.45) is 9.47. The molecule has 0 saturated heterocycles. The molecule has 2 rings (SSSR count). The molecule has 6 nitrogen and oxygen atoms in total. The van der Waals surface area contributed by atoms with E-state index < -0.39 is 10.0 Å². The molecule has 0 aromatic heterocycles. The van der Waals surface area contributed by atoms with Crippen LogP contribution in [0.1, 0.15) is 50.5 Å². The predicted molar refractivity (Wildman–Crippen MR) is 122 cm³/mol. The highest BCUT2D eigenvalue weighted by Crippen LogP contribution is 2.28. The zero-order valence-corrected chi connectivity index (χ0v) is 19.5. The lowest BCUT2D eigenvalue weighted by Gasteiger charge is -2.13. The Bertz CT molecular complexity index is 671. The maximum absolute atomic E-state index is 11.7. The summed E-state index contributed by atoms with van der Waals surface area (Å²) >= 11 is 0. The van der Waals surface area contributed by atoms with Gasteiger partial charge in [0.05, 0.1) is 4.90 Å². The highest BCUT2D eigenvalue weighted by molar-refractivity contribution is 14.0. The topological polar surface area (TPSA) is 82.6 Å². The molecule has 1 fully saturated rings. The molecule has 0 amide bonds. The second kappa shape index (κ2) is 12.6. The lowest BCUT2D eigenvalue weighted by atomic mass is 10.0. The molecule has 154 valence electrons. The molecule has 0 heterocycles. The largest absolute Gasteiger partial charge is 0.356 e. The summed E-state index contributed by atoms with van der Waals surface area (Å²) in [5, 5.41) is 6.61. The third-order valence-electron chi connectivity index (χ3n) is 4.99. The average Bonchev–Trinajstić information content (AvgIpc) is 3.17. The molecule has 1 aliphatic rings. The number of sulfonamides is 1. The van der Waals surface area contributed by atoms with Crippen LogP contribution in [-0.4, -0.2) is 35.0 Å². The summed E-state index contributed by atoms with van der Waals surface area (Å²) in [4.78, 5) is 4.51. The number of unbranched alkanes of at least 4 members (excludes halogenated alkanes) is 1. The summed E-state index contributed by atoms with van der Waals surface area (Å²) in [7, 11) is -0.210. The zero-order chi connectivity index (χ0) is 18.8. The van der Waals surface area contributed by atoms with Gasteiger partial charge in [-0.1, -0.05) is 50.7 Å². The van der Waals surface area contributed by atoms with Crippen LogP contribution in [0.4, 0.5) is 0 Å². The Kier molecular flexibility index (Phi) is 11.2. The normalized spacial score (nSPS) is 15.4. The van der Waals surface area contributed by atoms with Crippen molar-refractivity contribution in [3.8, 4) is 0 Å². The highest BCUT2D eigenvalue weighted by atomic mass is 127. The second-order valence-corrected chi connectivity index (χ2v) is 8.74. The minimum absolute atomic E-state index is 0. The minimum atomic E-state index is -3.38. The van der Waals surface area contributed by atoms with E-state index in [4.69, 9.17) is 0 Å². The number of nitrogens with zero attached hydrogens (tertiary/aromatic N) is 1. The van der Waals surface area contributed by atoms with Gasteiger partial charge in [-0.2, -0.15) is 0 Å². The molecular weight excluding hydrogens is 475 g/mol. The van der Waals surface area contributed by atoms with Crippen molar-refractivity contribution in [3.05, 3.63) is 29.8 Å². The first-order chi connectivity index (χ1) is 12.5. The van der Waals surface area contributed by atoms with Crippen LogP contribution in [0.15, 0.2) is 34.2 Å². The Labute approximate surface area is 181 Å². The second-order valence-electron chi connectivity index (χ2n) is 6.85. The molecule has 0 bridgehead atoms. The van der Waals surface area contributed by atoms with Crippen molar-refractivity contribution < 1.29 is 8.42 Å². The third kappa shape index (κ3) is 8.35. The molecule has 1 aromatic rings. The van der Waals surface area contributed by atoms with Crippen molar-refractivity contribution in [2.75, 3.05) is 20.6 Å². The van der Waals surface area contributed by atoms with Crippen molar-refractivity contribution in [2.24, 2.45) is 10.9 Å². The number of rotatable bonds is 9. The van der Waals surface area contributed by atoms with Gasteiger partial charge in [0.2, 0.25) is 10.0 Å². The lowest BCUT2D eigenvalue weighted by Crippen LogP contribution is -2.37. The molecule has 0 aliphatic heterocycles. The van der Waals surface area contributed by atoms with Gasteiger partial charge in [-0.15, -0.1) is 24.0 Å². The summed E-state index contributed by atoms with van der Waals surface area (Å²) in [5.74, 6) is 1.74. The number of aliphatic imine (C=N–C) groups is 1. The Hall–Kier alpha value is -0.870. The fourth-order valence-electron chi connectivity index (χ4n) is 3.37. The van der Waals surface area contributed by atoms with Gasteiger partial charge in [0.25, 0.3) is 0 Å². The Balaban J connectivity index is 0.00000364. The van der Waals surface area contributed by atoms with E-state index in [1.807, 2.05) is 12.1 Å². The van der Waals surface area contributed by atoms with Gasteiger partial charge in [-0.3, -0.25) is 4.99 Å². The van der Waals surface area contributed by atoms with Crippen LogP contribution in [0.3, 0.4) is 0 Å². The van der Waals surface area contributed by atoms with Crippen LogP contribution < -0.4 is 15.4 Å². The number of guanidine groups is 1. The van der Waals surface area contributed by atoms with Crippen molar-refractivity contribution in [1.82, 2.24) is 15.4 Å². The van der Waals surface area contributed by atoms with E-state index in [0.717, 1.165) is 30.4 Å². The van der Waals surface area contributed by atoms with E-state index in [1.165, 1.54) is 45.6 Å². The summed E-state index contributed by atoms with van der Waals surface area (Å²) in [6.45, 7) is 1.52. The van der Waals surface area contributed by atoms with Crippen molar-refractivity contribution in [2.45, 2.75) is 56.4 Å². The molecule has 1 aliphatic carbocycles.